The summed E-state index contributed by atoms with van der Waals surface area (Å²) in [5.74, 6) is -1.17. The van der Waals surface area contributed by atoms with Crippen molar-refractivity contribution < 1.29 is 26.3 Å². The lowest BCUT2D eigenvalue weighted by atomic mass is 10.0. The number of rotatable bonds is 2. The number of aromatic nitrogens is 5. The van der Waals surface area contributed by atoms with Gasteiger partial charge in [0.2, 0.25) is 0 Å². The quantitative estimate of drug-likeness (QED) is 0.269. The minimum Gasteiger partial charge on any atom is -0.397 e. The molecule has 220 valence electrons. The lowest BCUT2D eigenvalue weighted by Gasteiger charge is -2.08. The second-order valence-electron chi connectivity index (χ2n) is 9.13. The number of fused-ring (bicyclic) bond motifs is 1. The van der Waals surface area contributed by atoms with Gasteiger partial charge in [0.25, 0.3) is 17.5 Å². The number of hydrogen-bond donors (Lipinski definition) is 3. The molecular weight excluding hydrogens is 556 g/mol. The lowest BCUT2D eigenvalue weighted by Crippen LogP contribution is -2.24. The first kappa shape index (κ1) is 31.1. The fourth-order valence-corrected chi connectivity index (χ4v) is 4.03. The lowest BCUT2D eigenvalue weighted by molar-refractivity contribution is -0.138. The second kappa shape index (κ2) is 13.3. The predicted octanol–water partition coefficient (Wildman–Crippen LogP) is 5.37. The van der Waals surface area contributed by atoms with Crippen LogP contribution in [0.1, 0.15) is 56.2 Å². The summed E-state index contributed by atoms with van der Waals surface area (Å²) in [5.41, 5.74) is 5.99. The fourth-order valence-electron chi connectivity index (χ4n) is 4.03. The zero-order valence-electron chi connectivity index (χ0n) is 21.8. The third-order valence-electron chi connectivity index (χ3n) is 6.15. The number of nitrogens with two attached hydrogens (primary N) is 2. The van der Waals surface area contributed by atoms with Crippen LogP contribution in [0.2, 0.25) is 0 Å². The number of pyridine rings is 1. The van der Waals surface area contributed by atoms with Crippen LogP contribution >= 0.6 is 0 Å². The van der Waals surface area contributed by atoms with E-state index in [0.29, 0.717) is 5.39 Å². The molecule has 0 aliphatic heterocycles. The predicted molar refractivity (Wildman–Crippen MR) is 142 cm³/mol. The standard InChI is InChI=1S/C15H11F3N4O.C6H12.C5H4F3N3O/c1-22-3-2-7-4-9(10(16)5-8(7)15(22)23)11-6-20-12(13(17)18)14(19)21-11;1-2-4-6-5-3-1;6-5(7,8)3-2(9)1-10-11-4(3)12/h2-6,13H,1H3,(H2,19,21);1-6H2;1H,(H3,9,11,12). The number of hydrogen-bond acceptors (Lipinski definition) is 7. The largest absolute Gasteiger partial charge is 0.423 e. The molecule has 0 bridgehead atoms. The number of anilines is 2. The SMILES string of the molecule is C1CCCCC1.Cn1ccc2cc(-c3cnc(C(F)F)c(N)n3)c(F)cc2c1=O.Nc1cn[nH]c(=O)c1C(F)(F)F. The van der Waals surface area contributed by atoms with E-state index < -0.39 is 46.7 Å². The van der Waals surface area contributed by atoms with Gasteiger partial charge >= 0.3 is 6.18 Å². The molecule has 1 saturated carbocycles. The molecule has 1 fully saturated rings. The minimum atomic E-state index is -4.74. The zero-order valence-corrected chi connectivity index (χ0v) is 21.8. The Labute approximate surface area is 229 Å². The zero-order chi connectivity index (χ0) is 30.3. The first-order valence-corrected chi connectivity index (χ1v) is 12.4. The maximum absolute atomic E-state index is 14.3. The van der Waals surface area contributed by atoms with Gasteiger partial charge in [-0.25, -0.2) is 28.2 Å². The molecule has 3 heterocycles. The van der Waals surface area contributed by atoms with Crippen LogP contribution in [0.3, 0.4) is 0 Å². The van der Waals surface area contributed by atoms with Gasteiger partial charge < -0.3 is 16.0 Å². The first-order chi connectivity index (χ1) is 19.3. The number of nitrogens with zero attached hydrogens (tertiary/aromatic N) is 4. The molecule has 1 aromatic carbocycles. The first-order valence-electron chi connectivity index (χ1n) is 12.4. The third kappa shape index (κ3) is 7.83. The molecule has 0 saturated heterocycles. The van der Waals surface area contributed by atoms with Gasteiger partial charge in [0.05, 0.1) is 29.2 Å². The van der Waals surface area contributed by atoms with Crippen LogP contribution in [0, 0.1) is 5.82 Å². The molecule has 15 heteroatoms. The highest BCUT2D eigenvalue weighted by molar-refractivity contribution is 5.86. The average Bonchev–Trinajstić information content (AvgIpc) is 2.91. The van der Waals surface area contributed by atoms with Gasteiger partial charge in [-0.1, -0.05) is 38.5 Å². The van der Waals surface area contributed by atoms with Gasteiger partial charge in [0, 0.05) is 18.8 Å². The van der Waals surface area contributed by atoms with Crippen LogP contribution in [0.15, 0.2) is 46.4 Å². The maximum Gasteiger partial charge on any atom is 0.423 e. The smallest absolute Gasteiger partial charge is 0.397 e. The number of H-pyrrole nitrogens is 1. The van der Waals surface area contributed by atoms with E-state index >= 15 is 0 Å². The highest BCUT2D eigenvalue weighted by Crippen LogP contribution is 2.30. The number of halogens is 6. The highest BCUT2D eigenvalue weighted by Gasteiger charge is 2.36. The molecule has 0 unspecified atom stereocenters. The van der Waals surface area contributed by atoms with Gasteiger partial charge in [-0.3, -0.25) is 9.59 Å². The minimum absolute atomic E-state index is 0.0203. The summed E-state index contributed by atoms with van der Waals surface area (Å²) in [6, 6.07) is 4.15. The Balaban J connectivity index is 0.000000212. The number of aryl methyl sites for hydroxylation is 1. The highest BCUT2D eigenvalue weighted by atomic mass is 19.4. The van der Waals surface area contributed by atoms with E-state index in [9.17, 15) is 35.9 Å². The molecule has 41 heavy (non-hydrogen) atoms. The molecule has 0 atom stereocenters. The van der Waals surface area contributed by atoms with Crippen molar-refractivity contribution in [3.63, 3.8) is 0 Å². The topological polar surface area (TPSA) is 146 Å². The molecule has 9 nitrogen and oxygen atoms in total. The van der Waals surface area contributed by atoms with E-state index in [1.807, 2.05) is 0 Å². The molecule has 0 amide bonds. The summed E-state index contributed by atoms with van der Waals surface area (Å²) in [7, 11) is 1.56. The number of benzene rings is 1. The maximum atomic E-state index is 14.3. The molecule has 5 rings (SSSR count). The van der Waals surface area contributed by atoms with E-state index in [4.69, 9.17) is 11.5 Å². The number of alkyl halides is 5. The van der Waals surface area contributed by atoms with E-state index in [-0.39, 0.29) is 22.2 Å². The van der Waals surface area contributed by atoms with Crippen molar-refractivity contribution >= 4 is 22.3 Å². The van der Waals surface area contributed by atoms with E-state index in [1.165, 1.54) is 49.2 Å². The van der Waals surface area contributed by atoms with Crippen molar-refractivity contribution in [1.29, 1.82) is 0 Å². The van der Waals surface area contributed by atoms with Crippen LogP contribution in [0.4, 0.5) is 37.8 Å². The Hall–Kier alpha value is -4.43. The van der Waals surface area contributed by atoms with Crippen LogP contribution in [-0.4, -0.2) is 24.7 Å². The summed E-state index contributed by atoms with van der Waals surface area (Å²) < 4.78 is 76.9. The molecular formula is C26H27F6N7O2. The van der Waals surface area contributed by atoms with Crippen molar-refractivity contribution in [3.05, 3.63) is 74.6 Å². The molecule has 4 aromatic rings. The Kier molecular flexibility index (Phi) is 10.1. The fraction of sp³-hybridized carbons (Fsp3) is 0.346. The van der Waals surface area contributed by atoms with Gasteiger partial charge in [-0.05, 0) is 23.6 Å². The van der Waals surface area contributed by atoms with Crippen molar-refractivity contribution in [1.82, 2.24) is 24.7 Å². The van der Waals surface area contributed by atoms with Crippen LogP contribution in [-0.2, 0) is 13.2 Å². The van der Waals surface area contributed by atoms with Crippen LogP contribution < -0.4 is 22.6 Å². The molecule has 0 radical (unpaired) electrons. The van der Waals surface area contributed by atoms with E-state index in [1.54, 1.807) is 24.4 Å². The van der Waals surface area contributed by atoms with Crippen molar-refractivity contribution in [2.75, 3.05) is 11.5 Å². The second-order valence-corrected chi connectivity index (χ2v) is 9.13. The van der Waals surface area contributed by atoms with Gasteiger partial charge in [-0.15, -0.1) is 0 Å². The summed E-state index contributed by atoms with van der Waals surface area (Å²) in [6.45, 7) is 0. The number of nitrogen functional groups attached to an aromatic ring is 2. The Morgan fingerprint density at radius 3 is 2.10 bits per heavy atom. The summed E-state index contributed by atoms with van der Waals surface area (Å²) >= 11 is 0. The van der Waals surface area contributed by atoms with Crippen molar-refractivity contribution in [3.8, 4) is 11.3 Å². The Morgan fingerprint density at radius 1 is 1.00 bits per heavy atom. The summed E-state index contributed by atoms with van der Waals surface area (Å²) in [5, 5.41) is 5.45. The number of nitrogens with one attached hydrogen (secondary N) is 1. The van der Waals surface area contributed by atoms with Crippen molar-refractivity contribution in [2.24, 2.45) is 7.05 Å². The number of aromatic amines is 1. The average molecular weight is 584 g/mol. The van der Waals surface area contributed by atoms with E-state index in [2.05, 4.69) is 15.1 Å². The Morgan fingerprint density at radius 2 is 1.61 bits per heavy atom. The molecule has 5 N–H and O–H groups in total. The van der Waals surface area contributed by atoms with Gasteiger partial charge in [0.15, 0.2) is 5.82 Å². The molecule has 1 aliphatic carbocycles. The van der Waals surface area contributed by atoms with Gasteiger partial charge in [-0.2, -0.15) is 18.3 Å². The van der Waals surface area contributed by atoms with Gasteiger partial charge in [0.1, 0.15) is 17.1 Å². The van der Waals surface area contributed by atoms with E-state index in [0.717, 1.165) is 18.5 Å². The molecule has 0 spiro atoms. The van der Waals surface area contributed by atoms with Crippen molar-refractivity contribution in [2.45, 2.75) is 51.1 Å². The summed E-state index contributed by atoms with van der Waals surface area (Å²) in [4.78, 5) is 29.9. The summed E-state index contributed by atoms with van der Waals surface area (Å²) in [6.07, 6.45) is 4.72. The molecule has 3 aromatic heterocycles. The monoisotopic (exact) mass is 583 g/mol. The Bertz CT molecular complexity index is 1600. The van der Waals surface area contributed by atoms with Crippen LogP contribution in [0.5, 0.6) is 0 Å². The molecule has 1 aliphatic rings. The van der Waals surface area contributed by atoms with Crippen LogP contribution in [0.25, 0.3) is 22.0 Å². The normalized spacial score (nSPS) is 13.3. The third-order valence-corrected chi connectivity index (χ3v) is 6.15.